The van der Waals surface area contributed by atoms with Gasteiger partial charge in [-0.3, -0.25) is 0 Å². The van der Waals surface area contributed by atoms with Crippen LogP contribution in [-0.4, -0.2) is 24.5 Å². The van der Waals surface area contributed by atoms with Crippen molar-refractivity contribution in [3.05, 3.63) is 35.6 Å². The SMILES string of the molecule is CS(=O)(=O)[C@@H](Cl)[C@H](O)c1ccc(F)cc1. The second-order valence-corrected chi connectivity index (χ2v) is 6.07. The van der Waals surface area contributed by atoms with Gasteiger partial charge in [0, 0.05) is 6.26 Å². The number of hydrogen-bond donors (Lipinski definition) is 1. The van der Waals surface area contributed by atoms with Gasteiger partial charge in [0.1, 0.15) is 11.9 Å². The zero-order valence-electron chi connectivity index (χ0n) is 7.89. The summed E-state index contributed by atoms with van der Waals surface area (Å²) >= 11 is 5.55. The van der Waals surface area contributed by atoms with E-state index in [1.165, 1.54) is 12.1 Å². The smallest absolute Gasteiger partial charge is 0.167 e. The molecule has 84 valence electrons. The number of halogens is 2. The number of aliphatic hydroxyl groups is 1. The molecule has 0 spiro atoms. The summed E-state index contributed by atoms with van der Waals surface area (Å²) in [5.41, 5.74) is 0.266. The lowest BCUT2D eigenvalue weighted by molar-refractivity contribution is 0.192. The molecule has 3 nitrogen and oxygen atoms in total. The predicted molar refractivity (Wildman–Crippen MR) is 55.8 cm³/mol. The van der Waals surface area contributed by atoms with E-state index in [1.807, 2.05) is 0 Å². The Labute approximate surface area is 92.4 Å². The molecule has 0 unspecified atom stereocenters. The van der Waals surface area contributed by atoms with E-state index in [4.69, 9.17) is 11.6 Å². The third kappa shape index (κ3) is 3.15. The molecule has 0 saturated carbocycles. The van der Waals surface area contributed by atoms with Crippen molar-refractivity contribution in [1.82, 2.24) is 0 Å². The number of benzene rings is 1. The maximum Gasteiger partial charge on any atom is 0.167 e. The van der Waals surface area contributed by atoms with E-state index in [1.54, 1.807) is 0 Å². The maximum absolute atomic E-state index is 12.6. The molecule has 0 bridgehead atoms. The average Bonchev–Trinajstić information content (AvgIpc) is 2.15. The summed E-state index contributed by atoms with van der Waals surface area (Å²) in [6.07, 6.45) is -0.431. The van der Waals surface area contributed by atoms with Gasteiger partial charge in [-0.05, 0) is 17.7 Å². The van der Waals surface area contributed by atoms with Crippen LogP contribution in [0.15, 0.2) is 24.3 Å². The van der Waals surface area contributed by atoms with Crippen LogP contribution in [0.3, 0.4) is 0 Å². The molecule has 2 atom stereocenters. The number of aliphatic hydroxyl groups excluding tert-OH is 1. The molecule has 6 heteroatoms. The first-order valence-electron chi connectivity index (χ1n) is 4.09. The first kappa shape index (κ1) is 12.4. The number of rotatable bonds is 3. The zero-order chi connectivity index (χ0) is 11.6. The molecule has 0 amide bonds. The summed E-state index contributed by atoms with van der Waals surface area (Å²) in [5.74, 6) is -0.462. The second-order valence-electron chi connectivity index (χ2n) is 3.18. The lowest BCUT2D eigenvalue weighted by Gasteiger charge is -2.15. The van der Waals surface area contributed by atoms with Crippen LogP contribution in [0.2, 0.25) is 0 Å². The van der Waals surface area contributed by atoms with Crippen molar-refractivity contribution < 1.29 is 17.9 Å². The fourth-order valence-electron chi connectivity index (χ4n) is 1.05. The van der Waals surface area contributed by atoms with Crippen molar-refractivity contribution >= 4 is 21.4 Å². The predicted octanol–water partition coefficient (Wildman–Crippen LogP) is 1.47. The van der Waals surface area contributed by atoms with Gasteiger partial charge in [0.05, 0.1) is 0 Å². The van der Waals surface area contributed by atoms with Crippen LogP contribution >= 0.6 is 11.6 Å². The Kier molecular flexibility index (Phi) is 3.70. The minimum atomic E-state index is -3.54. The highest BCUT2D eigenvalue weighted by Gasteiger charge is 2.27. The van der Waals surface area contributed by atoms with Crippen LogP contribution in [0.1, 0.15) is 11.7 Å². The van der Waals surface area contributed by atoms with Crippen LogP contribution in [0.5, 0.6) is 0 Å². The van der Waals surface area contributed by atoms with E-state index in [9.17, 15) is 17.9 Å². The van der Waals surface area contributed by atoms with Gasteiger partial charge in [-0.25, -0.2) is 12.8 Å². The minimum absolute atomic E-state index is 0.266. The van der Waals surface area contributed by atoms with Crippen molar-refractivity contribution in [3.8, 4) is 0 Å². The monoisotopic (exact) mass is 252 g/mol. The molecule has 1 aromatic rings. The summed E-state index contributed by atoms with van der Waals surface area (Å²) < 4.78 is 33.2. The Bertz CT molecular complexity index is 429. The Morgan fingerprint density at radius 1 is 1.33 bits per heavy atom. The highest BCUT2D eigenvalue weighted by atomic mass is 35.5. The first-order chi connectivity index (χ1) is 6.82. The van der Waals surface area contributed by atoms with Crippen LogP contribution < -0.4 is 0 Å². The van der Waals surface area contributed by atoms with Crippen LogP contribution in [-0.2, 0) is 9.84 Å². The van der Waals surface area contributed by atoms with Gasteiger partial charge in [0.15, 0.2) is 14.5 Å². The van der Waals surface area contributed by atoms with Gasteiger partial charge >= 0.3 is 0 Å². The van der Waals surface area contributed by atoms with E-state index in [0.29, 0.717) is 0 Å². The Hall–Kier alpha value is -0.650. The number of hydrogen-bond acceptors (Lipinski definition) is 3. The van der Waals surface area contributed by atoms with Gasteiger partial charge < -0.3 is 5.11 Å². The van der Waals surface area contributed by atoms with Crippen molar-refractivity contribution in [2.24, 2.45) is 0 Å². The topological polar surface area (TPSA) is 54.4 Å². The van der Waals surface area contributed by atoms with Gasteiger partial charge in [0.25, 0.3) is 0 Å². The Balaban J connectivity index is 2.95. The fraction of sp³-hybridized carbons (Fsp3) is 0.333. The normalized spacial score (nSPS) is 16.0. The molecule has 0 radical (unpaired) electrons. The molecule has 0 fully saturated rings. The molecule has 0 aromatic heterocycles. The quantitative estimate of drug-likeness (QED) is 0.829. The molecule has 0 aliphatic heterocycles. The molecule has 0 heterocycles. The van der Waals surface area contributed by atoms with Crippen LogP contribution in [0.25, 0.3) is 0 Å². The van der Waals surface area contributed by atoms with Crippen LogP contribution in [0, 0.1) is 5.82 Å². The number of sulfone groups is 1. The highest BCUT2D eigenvalue weighted by Crippen LogP contribution is 2.24. The lowest BCUT2D eigenvalue weighted by atomic mass is 10.1. The summed E-state index contributed by atoms with van der Waals surface area (Å²) in [6, 6.07) is 4.84. The third-order valence-corrected chi connectivity index (χ3v) is 4.15. The molecule has 0 aliphatic carbocycles. The van der Waals surface area contributed by atoms with Crippen molar-refractivity contribution in [2.75, 3.05) is 6.26 Å². The fourth-order valence-corrected chi connectivity index (χ4v) is 1.82. The average molecular weight is 253 g/mol. The second kappa shape index (κ2) is 4.47. The van der Waals surface area contributed by atoms with Gasteiger partial charge in [-0.15, -0.1) is 11.6 Å². The zero-order valence-corrected chi connectivity index (χ0v) is 9.46. The minimum Gasteiger partial charge on any atom is -0.386 e. The van der Waals surface area contributed by atoms with Gasteiger partial charge in [-0.1, -0.05) is 12.1 Å². The standard InChI is InChI=1S/C9H10ClFO3S/c1-15(13,14)9(10)8(12)6-2-4-7(11)5-3-6/h2-5,8-9,12H,1H3/t8-,9-/m1/s1. The Morgan fingerprint density at radius 3 is 2.20 bits per heavy atom. The molecule has 0 saturated heterocycles. The van der Waals surface area contributed by atoms with E-state index in [-0.39, 0.29) is 5.56 Å². The van der Waals surface area contributed by atoms with E-state index in [0.717, 1.165) is 18.4 Å². The van der Waals surface area contributed by atoms with E-state index >= 15 is 0 Å². The van der Waals surface area contributed by atoms with Crippen molar-refractivity contribution in [1.29, 1.82) is 0 Å². The molecule has 1 aromatic carbocycles. The molecule has 1 rings (SSSR count). The Morgan fingerprint density at radius 2 is 1.80 bits per heavy atom. The maximum atomic E-state index is 12.6. The molecular weight excluding hydrogens is 243 g/mol. The van der Waals surface area contributed by atoms with E-state index in [2.05, 4.69) is 0 Å². The highest BCUT2D eigenvalue weighted by molar-refractivity contribution is 7.92. The van der Waals surface area contributed by atoms with Crippen molar-refractivity contribution in [2.45, 2.75) is 10.8 Å². The summed E-state index contributed by atoms with van der Waals surface area (Å²) in [7, 11) is -3.54. The van der Waals surface area contributed by atoms with Crippen molar-refractivity contribution in [3.63, 3.8) is 0 Å². The third-order valence-electron chi connectivity index (χ3n) is 1.87. The molecule has 1 N–H and O–H groups in total. The first-order valence-corrected chi connectivity index (χ1v) is 6.48. The van der Waals surface area contributed by atoms with E-state index < -0.39 is 26.5 Å². The van der Waals surface area contributed by atoms with Gasteiger partial charge in [-0.2, -0.15) is 0 Å². The molecule has 15 heavy (non-hydrogen) atoms. The summed E-state index contributed by atoms with van der Waals surface area (Å²) in [4.78, 5) is 0. The summed E-state index contributed by atoms with van der Waals surface area (Å²) in [6.45, 7) is 0. The van der Waals surface area contributed by atoms with Crippen LogP contribution in [0.4, 0.5) is 4.39 Å². The number of alkyl halides is 1. The molecule has 0 aliphatic rings. The lowest BCUT2D eigenvalue weighted by Crippen LogP contribution is -2.21. The largest absolute Gasteiger partial charge is 0.386 e. The van der Waals surface area contributed by atoms with Gasteiger partial charge in [0.2, 0.25) is 0 Å². The summed E-state index contributed by atoms with van der Waals surface area (Å²) in [5, 5.41) is 9.58. The molecular formula is C9H10ClFO3S.